The third-order valence-electron chi connectivity index (χ3n) is 2.97. The molecule has 86 valence electrons. The second-order valence-electron chi connectivity index (χ2n) is 4.32. The Balaban J connectivity index is 1.82. The summed E-state index contributed by atoms with van der Waals surface area (Å²) in [6, 6.07) is 10.3. The summed E-state index contributed by atoms with van der Waals surface area (Å²) in [5.41, 5.74) is 2.46. The lowest BCUT2D eigenvalue weighted by Crippen LogP contribution is -1.99. The van der Waals surface area contributed by atoms with Gasteiger partial charge in [-0.3, -0.25) is 0 Å². The van der Waals surface area contributed by atoms with E-state index in [2.05, 4.69) is 24.2 Å². The van der Waals surface area contributed by atoms with Gasteiger partial charge < -0.3 is 4.84 Å². The Kier molecular flexibility index (Phi) is 3.97. The molecule has 0 amide bonds. The van der Waals surface area contributed by atoms with Crippen molar-refractivity contribution in [3.8, 4) is 0 Å². The number of nitrogens with zero attached hydrogens (tertiary/aromatic N) is 1. The van der Waals surface area contributed by atoms with Gasteiger partial charge in [0.25, 0.3) is 0 Å². The first-order valence-corrected chi connectivity index (χ1v) is 6.16. The zero-order chi connectivity index (χ0) is 11.2. The van der Waals surface area contributed by atoms with Crippen LogP contribution < -0.4 is 0 Å². The molecule has 0 spiro atoms. The molecule has 0 saturated carbocycles. The van der Waals surface area contributed by atoms with Crippen LogP contribution in [0.5, 0.6) is 0 Å². The molecule has 1 atom stereocenters. The summed E-state index contributed by atoms with van der Waals surface area (Å²) in [7, 11) is 0. The van der Waals surface area contributed by atoms with Crippen molar-refractivity contribution in [2.24, 2.45) is 5.16 Å². The highest BCUT2D eigenvalue weighted by molar-refractivity contribution is 5.85. The standard InChI is InChI=1S/C14H19NO/c1-2-3-5-10-13-11-14(16-15-13)12-8-6-4-7-9-12/h4,6-9,14H,2-3,5,10-11H2,1H3. The minimum absolute atomic E-state index is 0.151. The Hall–Kier alpha value is -1.31. The number of benzene rings is 1. The summed E-state index contributed by atoms with van der Waals surface area (Å²) in [6.07, 6.45) is 5.99. The van der Waals surface area contributed by atoms with Crippen LogP contribution in [0, 0.1) is 0 Å². The first-order chi connectivity index (χ1) is 7.90. The van der Waals surface area contributed by atoms with E-state index in [1.165, 1.54) is 30.5 Å². The van der Waals surface area contributed by atoms with Crippen LogP contribution in [-0.4, -0.2) is 5.71 Å². The average molecular weight is 217 g/mol. The highest BCUT2D eigenvalue weighted by atomic mass is 16.6. The second kappa shape index (κ2) is 5.69. The summed E-state index contributed by atoms with van der Waals surface area (Å²) in [4.78, 5) is 5.47. The Morgan fingerprint density at radius 1 is 1.25 bits per heavy atom. The van der Waals surface area contributed by atoms with E-state index >= 15 is 0 Å². The maximum Gasteiger partial charge on any atom is 0.157 e. The lowest BCUT2D eigenvalue weighted by atomic mass is 10.0. The molecule has 1 aromatic carbocycles. The van der Waals surface area contributed by atoms with Crippen LogP contribution in [0.1, 0.15) is 50.7 Å². The summed E-state index contributed by atoms with van der Waals surface area (Å²) < 4.78 is 0. The van der Waals surface area contributed by atoms with E-state index in [0.29, 0.717) is 0 Å². The van der Waals surface area contributed by atoms with Crippen molar-refractivity contribution < 1.29 is 4.84 Å². The van der Waals surface area contributed by atoms with Gasteiger partial charge in [-0.25, -0.2) is 0 Å². The highest BCUT2D eigenvalue weighted by Crippen LogP contribution is 2.28. The lowest BCUT2D eigenvalue weighted by molar-refractivity contribution is 0.0857. The zero-order valence-corrected chi connectivity index (χ0v) is 9.86. The molecule has 0 bridgehead atoms. The van der Waals surface area contributed by atoms with Gasteiger partial charge in [-0.1, -0.05) is 55.3 Å². The summed E-state index contributed by atoms with van der Waals surface area (Å²) >= 11 is 0. The third-order valence-corrected chi connectivity index (χ3v) is 2.97. The van der Waals surface area contributed by atoms with Crippen molar-refractivity contribution in [3.63, 3.8) is 0 Å². The summed E-state index contributed by atoms with van der Waals surface area (Å²) in [5, 5.41) is 4.18. The van der Waals surface area contributed by atoms with Crippen LogP contribution in [-0.2, 0) is 4.84 Å². The van der Waals surface area contributed by atoms with E-state index < -0.39 is 0 Å². The molecule has 2 rings (SSSR count). The van der Waals surface area contributed by atoms with Crippen LogP contribution >= 0.6 is 0 Å². The van der Waals surface area contributed by atoms with Crippen molar-refractivity contribution in [1.29, 1.82) is 0 Å². The molecule has 1 aromatic rings. The molecule has 0 fully saturated rings. The Bertz CT molecular complexity index is 345. The van der Waals surface area contributed by atoms with Gasteiger partial charge >= 0.3 is 0 Å². The molecular formula is C14H19NO. The largest absolute Gasteiger partial charge is 0.387 e. The van der Waals surface area contributed by atoms with Gasteiger partial charge in [0.05, 0.1) is 5.71 Å². The van der Waals surface area contributed by atoms with Crippen molar-refractivity contribution >= 4 is 5.71 Å². The molecule has 2 heteroatoms. The van der Waals surface area contributed by atoms with Crippen LogP contribution in [0.3, 0.4) is 0 Å². The van der Waals surface area contributed by atoms with E-state index in [4.69, 9.17) is 4.84 Å². The van der Waals surface area contributed by atoms with E-state index in [1.54, 1.807) is 0 Å². The smallest absolute Gasteiger partial charge is 0.157 e. The first kappa shape index (κ1) is 11.2. The van der Waals surface area contributed by atoms with E-state index in [1.807, 2.05) is 18.2 Å². The van der Waals surface area contributed by atoms with Gasteiger partial charge in [0, 0.05) is 6.42 Å². The Labute approximate surface area is 97.3 Å². The third kappa shape index (κ3) is 2.84. The molecule has 0 N–H and O–H groups in total. The molecule has 16 heavy (non-hydrogen) atoms. The fraction of sp³-hybridized carbons (Fsp3) is 0.500. The normalized spacial score (nSPS) is 19.3. The predicted molar refractivity (Wildman–Crippen MR) is 66.5 cm³/mol. The number of unbranched alkanes of at least 4 members (excludes halogenated alkanes) is 2. The predicted octanol–water partition coefficient (Wildman–Crippen LogP) is 4.08. The fourth-order valence-electron chi connectivity index (χ4n) is 2.00. The minimum atomic E-state index is 0.151. The van der Waals surface area contributed by atoms with Crippen LogP contribution in [0.15, 0.2) is 35.5 Å². The minimum Gasteiger partial charge on any atom is -0.387 e. The Morgan fingerprint density at radius 2 is 2.06 bits per heavy atom. The molecule has 1 heterocycles. The molecule has 0 aromatic heterocycles. The molecule has 0 aliphatic carbocycles. The fourth-order valence-corrected chi connectivity index (χ4v) is 2.00. The molecule has 0 radical (unpaired) electrons. The first-order valence-electron chi connectivity index (χ1n) is 6.16. The van der Waals surface area contributed by atoms with Crippen LogP contribution in [0.2, 0.25) is 0 Å². The monoisotopic (exact) mass is 217 g/mol. The van der Waals surface area contributed by atoms with Crippen LogP contribution in [0.25, 0.3) is 0 Å². The Morgan fingerprint density at radius 3 is 2.81 bits per heavy atom. The number of oxime groups is 1. The van der Waals surface area contributed by atoms with Gasteiger partial charge in [0.2, 0.25) is 0 Å². The van der Waals surface area contributed by atoms with E-state index in [-0.39, 0.29) is 6.10 Å². The molecule has 1 aliphatic heterocycles. The SMILES string of the molecule is CCCCCC1=NOC(c2ccccc2)C1. The van der Waals surface area contributed by atoms with Gasteiger partial charge in [0.1, 0.15) is 0 Å². The number of hydrogen-bond acceptors (Lipinski definition) is 2. The van der Waals surface area contributed by atoms with Crippen molar-refractivity contribution in [1.82, 2.24) is 0 Å². The van der Waals surface area contributed by atoms with E-state index in [0.717, 1.165) is 12.8 Å². The molecule has 1 aliphatic rings. The maximum atomic E-state index is 5.47. The average Bonchev–Trinajstić information content (AvgIpc) is 2.79. The maximum absolute atomic E-state index is 5.47. The van der Waals surface area contributed by atoms with Gasteiger partial charge in [0.15, 0.2) is 6.10 Å². The zero-order valence-electron chi connectivity index (χ0n) is 9.86. The second-order valence-corrected chi connectivity index (χ2v) is 4.32. The van der Waals surface area contributed by atoms with Crippen LogP contribution in [0.4, 0.5) is 0 Å². The van der Waals surface area contributed by atoms with Gasteiger partial charge in [-0.2, -0.15) is 0 Å². The molecule has 2 nitrogen and oxygen atoms in total. The molecular weight excluding hydrogens is 198 g/mol. The quantitative estimate of drug-likeness (QED) is 0.681. The number of hydrogen-bond donors (Lipinski definition) is 0. The lowest BCUT2D eigenvalue weighted by Gasteiger charge is -2.07. The van der Waals surface area contributed by atoms with Crippen molar-refractivity contribution in [2.75, 3.05) is 0 Å². The van der Waals surface area contributed by atoms with Gasteiger partial charge in [-0.15, -0.1) is 0 Å². The van der Waals surface area contributed by atoms with Crippen molar-refractivity contribution in [3.05, 3.63) is 35.9 Å². The van der Waals surface area contributed by atoms with E-state index in [9.17, 15) is 0 Å². The number of rotatable bonds is 5. The van der Waals surface area contributed by atoms with Crippen molar-refractivity contribution in [2.45, 2.75) is 45.1 Å². The molecule has 0 saturated heterocycles. The van der Waals surface area contributed by atoms with Gasteiger partial charge in [-0.05, 0) is 18.4 Å². The summed E-state index contributed by atoms with van der Waals surface area (Å²) in [6.45, 7) is 2.22. The topological polar surface area (TPSA) is 21.6 Å². The summed E-state index contributed by atoms with van der Waals surface area (Å²) in [5.74, 6) is 0. The molecule has 1 unspecified atom stereocenters. The highest BCUT2D eigenvalue weighted by Gasteiger charge is 2.21.